The van der Waals surface area contributed by atoms with Crippen LogP contribution in [0.2, 0.25) is 0 Å². The summed E-state index contributed by atoms with van der Waals surface area (Å²) >= 11 is 3.42. The first kappa shape index (κ1) is 38.4. The van der Waals surface area contributed by atoms with E-state index in [9.17, 15) is 9.13 Å². The van der Waals surface area contributed by atoms with Gasteiger partial charge in [-0.05, 0) is 36.2 Å². The van der Waals surface area contributed by atoms with E-state index in [4.69, 9.17) is 10.5 Å². The molecule has 0 aromatic carbocycles. The molecule has 2 N–H and O–H groups in total. The molecule has 0 saturated carbocycles. The van der Waals surface area contributed by atoms with E-state index in [0.29, 0.717) is 29.9 Å². The van der Waals surface area contributed by atoms with Crippen molar-refractivity contribution < 1.29 is 13.9 Å². The van der Waals surface area contributed by atoms with Crippen molar-refractivity contribution in [1.82, 2.24) is 19.5 Å². The number of thiophene rings is 2. The minimum atomic E-state index is -2.84. The number of imidazole rings is 1. The Morgan fingerprint density at radius 2 is 1.35 bits per heavy atom. The third-order valence-corrected chi connectivity index (χ3v) is 12.4. The maximum absolute atomic E-state index is 12.8. The number of fused-ring (bicyclic) bond motifs is 1. The second kappa shape index (κ2) is 21.0. The second-order valence-corrected chi connectivity index (χ2v) is 16.4. The van der Waals surface area contributed by atoms with Crippen molar-refractivity contribution in [2.45, 2.75) is 153 Å². The Hall–Kier alpha value is -2.39. The zero-order valence-electron chi connectivity index (χ0n) is 29.1. The molecular weight excluding hydrogens is 658 g/mol. The highest BCUT2D eigenvalue weighted by molar-refractivity contribution is 7.31. The Bertz CT molecular complexity index is 1460. The summed E-state index contributed by atoms with van der Waals surface area (Å²) in [7, 11) is -2.84. The number of rotatable bonds is 26. The lowest BCUT2D eigenvalue weighted by molar-refractivity contribution is 0.0186. The Kier molecular flexibility index (Phi) is 16.8. The van der Waals surface area contributed by atoms with E-state index in [1.54, 1.807) is 29.0 Å². The molecule has 4 aromatic heterocycles. The molecule has 4 aromatic rings. The van der Waals surface area contributed by atoms with E-state index >= 15 is 0 Å². The van der Waals surface area contributed by atoms with Gasteiger partial charge in [0.1, 0.15) is 11.8 Å². The number of nitrogens with zero attached hydrogens (tertiary/aromatic N) is 4. The van der Waals surface area contributed by atoms with Crippen LogP contribution in [0.15, 0.2) is 47.7 Å². The van der Waals surface area contributed by atoms with Gasteiger partial charge in [0.15, 0.2) is 17.3 Å². The third kappa shape index (κ3) is 11.6. The van der Waals surface area contributed by atoms with E-state index < -0.39 is 25.0 Å². The third-order valence-electron chi connectivity index (χ3n) is 9.47. The lowest BCUT2D eigenvalue weighted by atomic mass is 9.76. The van der Waals surface area contributed by atoms with E-state index in [1.165, 1.54) is 106 Å². The number of unbranched alkanes of at least 4 members (excludes halogenated alkanes) is 15. The fourth-order valence-electron chi connectivity index (χ4n) is 6.84. The van der Waals surface area contributed by atoms with Crippen molar-refractivity contribution in [2.24, 2.45) is 0 Å². The molecule has 0 spiro atoms. The topological polar surface area (TPSA) is 113 Å². The molecule has 8 nitrogen and oxygen atoms in total. The van der Waals surface area contributed by atoms with Crippen LogP contribution in [-0.2, 0) is 25.8 Å². The van der Waals surface area contributed by atoms with Gasteiger partial charge in [-0.25, -0.2) is 24.1 Å². The Morgan fingerprint density at radius 1 is 0.812 bits per heavy atom. The zero-order chi connectivity index (χ0) is 34.0. The minimum Gasteiger partial charge on any atom is -0.382 e. The summed E-state index contributed by atoms with van der Waals surface area (Å²) in [5.74, 6) is -0.617. The molecule has 264 valence electrons. The molecule has 0 fully saturated rings. The summed E-state index contributed by atoms with van der Waals surface area (Å²) in [5.41, 5.74) is 6.69. The number of anilines is 1. The van der Waals surface area contributed by atoms with Crippen LogP contribution in [0.5, 0.6) is 0 Å². The van der Waals surface area contributed by atoms with Gasteiger partial charge in [-0.2, -0.15) is 0 Å². The number of aromatic nitrogens is 4. The molecule has 4 rings (SSSR count). The van der Waals surface area contributed by atoms with Crippen LogP contribution >= 0.6 is 30.4 Å². The van der Waals surface area contributed by atoms with Crippen molar-refractivity contribution in [3.63, 3.8) is 0 Å². The molecule has 0 saturated heterocycles. The van der Waals surface area contributed by atoms with E-state index in [0.717, 1.165) is 19.3 Å². The maximum Gasteiger partial charge on any atom is 0.345 e. The zero-order valence-corrected chi connectivity index (χ0v) is 31.6. The summed E-state index contributed by atoms with van der Waals surface area (Å²) in [6.45, 7) is 4.58. The van der Waals surface area contributed by atoms with Crippen molar-refractivity contribution in [3.05, 3.63) is 57.4 Å². The Morgan fingerprint density at radius 3 is 1.85 bits per heavy atom. The first-order valence-corrected chi connectivity index (χ1v) is 21.2. The molecular formula is C37H56N5O3PS2. The van der Waals surface area contributed by atoms with E-state index in [1.807, 2.05) is 11.5 Å². The molecule has 4 heterocycles. The molecule has 0 aliphatic rings. The first-order valence-electron chi connectivity index (χ1n) is 18.2. The Labute approximate surface area is 296 Å². The summed E-state index contributed by atoms with van der Waals surface area (Å²) in [6.07, 6.45) is 25.2. The lowest BCUT2D eigenvalue weighted by Gasteiger charge is -2.35. The summed E-state index contributed by atoms with van der Waals surface area (Å²) in [6, 6.07) is 8.47. The fraction of sp³-hybridized carbons (Fsp3) is 0.649. The molecule has 0 aliphatic carbocycles. The van der Waals surface area contributed by atoms with Gasteiger partial charge in [-0.3, -0.25) is 0 Å². The minimum absolute atomic E-state index is 0.318. The van der Waals surface area contributed by atoms with Crippen LogP contribution in [0.25, 0.3) is 11.2 Å². The van der Waals surface area contributed by atoms with Gasteiger partial charge in [-0.1, -0.05) is 122 Å². The molecule has 0 amide bonds. The van der Waals surface area contributed by atoms with Crippen LogP contribution in [0.1, 0.15) is 139 Å². The van der Waals surface area contributed by atoms with Gasteiger partial charge in [0.05, 0.1) is 19.0 Å². The lowest BCUT2D eigenvalue weighted by Crippen LogP contribution is -2.32. The van der Waals surface area contributed by atoms with Gasteiger partial charge in [0, 0.05) is 21.6 Å². The van der Waals surface area contributed by atoms with Gasteiger partial charge < -0.3 is 15.0 Å². The highest BCUT2D eigenvalue weighted by atomic mass is 32.1. The number of nitrogens with two attached hydrogens (primary N) is 1. The number of hydrogen-bond donors (Lipinski definition) is 1. The number of ether oxygens (including phenoxy) is 1. The summed E-state index contributed by atoms with van der Waals surface area (Å²) < 4.78 is 33.8. The smallest absolute Gasteiger partial charge is 0.345 e. The van der Waals surface area contributed by atoms with Gasteiger partial charge in [-0.15, -0.1) is 22.7 Å². The number of nitrogen functional groups attached to an aromatic ring is 1. The predicted molar refractivity (Wildman–Crippen MR) is 201 cm³/mol. The van der Waals surface area contributed by atoms with Crippen molar-refractivity contribution in [3.8, 4) is 0 Å². The monoisotopic (exact) mass is 713 g/mol. The van der Waals surface area contributed by atoms with Gasteiger partial charge in [0.25, 0.3) is 0 Å². The summed E-state index contributed by atoms with van der Waals surface area (Å²) in [4.78, 5) is 15.1. The van der Waals surface area contributed by atoms with Crippen LogP contribution in [0.3, 0.4) is 0 Å². The molecule has 0 bridgehead atoms. The predicted octanol–water partition coefficient (Wildman–Crippen LogP) is 11.5. The number of hydrogen-bond acceptors (Lipinski definition) is 9. The highest BCUT2D eigenvalue weighted by Gasteiger charge is 2.40. The molecule has 2 atom stereocenters. The van der Waals surface area contributed by atoms with Crippen molar-refractivity contribution in [2.75, 3.05) is 5.73 Å². The molecule has 0 aliphatic heterocycles. The summed E-state index contributed by atoms with van der Waals surface area (Å²) in [5, 5.41) is 4.19. The largest absolute Gasteiger partial charge is 0.382 e. The highest BCUT2D eigenvalue weighted by Crippen LogP contribution is 2.48. The van der Waals surface area contributed by atoms with Gasteiger partial charge >= 0.3 is 7.68 Å². The van der Waals surface area contributed by atoms with Crippen molar-refractivity contribution >= 4 is 47.3 Å². The van der Waals surface area contributed by atoms with Crippen LogP contribution in [-0.4, -0.2) is 31.5 Å². The molecule has 0 radical (unpaired) electrons. The standard InChI is InChI=1S/C37H56N5O3PS2/c1-3-4-5-6-7-8-9-10-11-12-13-14-15-16-17-18-23-37(31-21-19-24-47-31,32-22-20-25-48-32)26-33(46(43)44)45-30(2)27-42-29-41-34-35(38)39-28-40-36(34)42/h19-22,24-25,28-30,33H,3-18,23,26-27H2,1-2H3,(H2,38,39,40). The average molecular weight is 714 g/mol. The first-order chi connectivity index (χ1) is 23.4. The van der Waals surface area contributed by atoms with E-state index in [-0.39, 0.29) is 0 Å². The quantitative estimate of drug-likeness (QED) is 0.0509. The maximum atomic E-state index is 12.8. The van der Waals surface area contributed by atoms with E-state index in [2.05, 4.69) is 56.9 Å². The molecule has 2 unspecified atom stereocenters. The average Bonchev–Trinajstić information content (AvgIpc) is 3.88. The Balaban J connectivity index is 1.28. The van der Waals surface area contributed by atoms with Crippen molar-refractivity contribution in [1.29, 1.82) is 0 Å². The van der Waals surface area contributed by atoms with Crippen LogP contribution in [0, 0.1) is 0 Å². The normalized spacial score (nSPS) is 13.3. The molecule has 11 heteroatoms. The van der Waals surface area contributed by atoms with Crippen LogP contribution in [0.4, 0.5) is 5.82 Å². The molecule has 48 heavy (non-hydrogen) atoms. The van der Waals surface area contributed by atoms with Gasteiger partial charge in [0.2, 0.25) is 0 Å². The van der Waals surface area contributed by atoms with Crippen LogP contribution < -0.4 is 5.73 Å². The second-order valence-electron chi connectivity index (χ2n) is 13.3. The SMILES string of the molecule is CCCCCCCCCCCCCCCCCCC(CC(OC(C)Cn1cnc2c(N)ncnc21)P(=O)=O)(c1cccs1)c1cccs1. The fourth-order valence-corrected chi connectivity index (χ4v) is 9.63.